The van der Waals surface area contributed by atoms with E-state index >= 15 is 0 Å². The number of rotatable bonds is 3. The molecule has 0 aliphatic heterocycles. The van der Waals surface area contributed by atoms with Crippen molar-refractivity contribution < 1.29 is 4.79 Å². The second-order valence-corrected chi connectivity index (χ2v) is 3.72. The zero-order valence-electron chi connectivity index (χ0n) is 9.79. The summed E-state index contributed by atoms with van der Waals surface area (Å²) in [6, 6.07) is 8.92. The number of hydrogen-bond acceptors (Lipinski definition) is 4. The molecular weight excluding hydrogens is 228 g/mol. The molecule has 0 atom stereocenters. The lowest BCUT2D eigenvalue weighted by Crippen LogP contribution is -2.04. The van der Waals surface area contributed by atoms with Gasteiger partial charge in [-0.15, -0.1) is 10.2 Å². The minimum absolute atomic E-state index is 0.148. The monoisotopic (exact) mass is 238 g/mol. The van der Waals surface area contributed by atoms with Gasteiger partial charge in [0.1, 0.15) is 6.33 Å². The molecule has 0 N–H and O–H groups in total. The lowest BCUT2D eigenvalue weighted by Gasteiger charge is -2.06. The fourth-order valence-corrected chi connectivity index (χ4v) is 1.49. The highest BCUT2D eigenvalue weighted by molar-refractivity contribution is 6.13. The smallest absolute Gasteiger partial charge is 0.175 e. The van der Waals surface area contributed by atoms with Crippen molar-refractivity contribution in [3.05, 3.63) is 42.7 Å². The van der Waals surface area contributed by atoms with Gasteiger partial charge in [-0.3, -0.25) is 9.36 Å². The van der Waals surface area contributed by atoms with E-state index in [1.807, 2.05) is 6.07 Å². The van der Waals surface area contributed by atoms with Gasteiger partial charge in [-0.05, 0) is 24.3 Å². The van der Waals surface area contributed by atoms with E-state index in [1.165, 1.54) is 17.8 Å². The van der Waals surface area contributed by atoms with Gasteiger partial charge in [0.15, 0.2) is 11.6 Å². The predicted molar refractivity (Wildman–Crippen MR) is 66.2 cm³/mol. The van der Waals surface area contributed by atoms with Crippen LogP contribution in [0, 0.1) is 11.3 Å². The van der Waals surface area contributed by atoms with E-state index in [0.29, 0.717) is 17.1 Å². The van der Waals surface area contributed by atoms with Gasteiger partial charge in [0, 0.05) is 12.5 Å². The molecular formula is C13H10N4O. The van der Waals surface area contributed by atoms with Crippen LogP contribution in [0.5, 0.6) is 0 Å². The number of allylic oxidation sites excluding steroid dienone is 1. The van der Waals surface area contributed by atoms with Gasteiger partial charge in [0.25, 0.3) is 0 Å². The van der Waals surface area contributed by atoms with E-state index in [-0.39, 0.29) is 5.78 Å². The first-order valence-electron chi connectivity index (χ1n) is 5.24. The van der Waals surface area contributed by atoms with E-state index in [4.69, 9.17) is 5.26 Å². The SMILES string of the molecule is C=C(C(C)=O)n1cnnc1-c1ccc(C#N)cc1. The summed E-state index contributed by atoms with van der Waals surface area (Å²) in [6.45, 7) is 5.13. The van der Waals surface area contributed by atoms with Crippen LogP contribution in [0.15, 0.2) is 37.2 Å². The molecule has 1 heterocycles. The Kier molecular flexibility index (Phi) is 3.02. The Morgan fingerprint density at radius 2 is 2.06 bits per heavy atom. The van der Waals surface area contributed by atoms with Crippen molar-refractivity contribution in [2.24, 2.45) is 0 Å². The number of ketones is 1. The summed E-state index contributed by atoms with van der Waals surface area (Å²) in [7, 11) is 0. The normalized spacial score (nSPS) is 9.78. The van der Waals surface area contributed by atoms with Crippen LogP contribution in [-0.2, 0) is 4.79 Å². The van der Waals surface area contributed by atoms with E-state index in [0.717, 1.165) is 5.56 Å². The Labute approximate surface area is 104 Å². The van der Waals surface area contributed by atoms with Crippen LogP contribution in [-0.4, -0.2) is 20.5 Å². The fraction of sp³-hybridized carbons (Fsp3) is 0.0769. The Morgan fingerprint density at radius 3 is 2.61 bits per heavy atom. The summed E-state index contributed by atoms with van der Waals surface area (Å²) in [5.41, 5.74) is 1.64. The van der Waals surface area contributed by atoms with Crippen LogP contribution < -0.4 is 0 Å². The molecule has 5 nitrogen and oxygen atoms in total. The molecule has 0 unspecified atom stereocenters. The quantitative estimate of drug-likeness (QED) is 0.765. The van der Waals surface area contributed by atoms with Crippen molar-refractivity contribution in [1.29, 1.82) is 5.26 Å². The van der Waals surface area contributed by atoms with Crippen LogP contribution in [0.3, 0.4) is 0 Å². The second-order valence-electron chi connectivity index (χ2n) is 3.72. The maximum atomic E-state index is 11.3. The second kappa shape index (κ2) is 4.63. The Hall–Kier alpha value is -2.74. The first-order chi connectivity index (χ1) is 8.63. The molecule has 1 aromatic heterocycles. The number of Topliss-reactive ketones (excluding diaryl/α,β-unsaturated/α-hetero) is 1. The lowest BCUT2D eigenvalue weighted by molar-refractivity contribution is -0.112. The van der Waals surface area contributed by atoms with Crippen LogP contribution in [0.25, 0.3) is 17.1 Å². The van der Waals surface area contributed by atoms with Crippen LogP contribution in [0.4, 0.5) is 0 Å². The Morgan fingerprint density at radius 1 is 1.39 bits per heavy atom. The number of nitriles is 1. The molecule has 0 saturated heterocycles. The molecule has 0 spiro atoms. The van der Waals surface area contributed by atoms with Crippen molar-refractivity contribution in [2.45, 2.75) is 6.92 Å². The molecule has 2 rings (SSSR count). The van der Waals surface area contributed by atoms with Crippen LogP contribution in [0.2, 0.25) is 0 Å². The number of nitrogens with zero attached hydrogens (tertiary/aromatic N) is 4. The van der Waals surface area contributed by atoms with Crippen LogP contribution in [0.1, 0.15) is 12.5 Å². The molecule has 0 bridgehead atoms. The highest BCUT2D eigenvalue weighted by Gasteiger charge is 2.12. The Bertz CT molecular complexity index is 646. The molecule has 1 aromatic carbocycles. The topological polar surface area (TPSA) is 71.6 Å². The highest BCUT2D eigenvalue weighted by atomic mass is 16.1. The lowest BCUT2D eigenvalue weighted by atomic mass is 10.1. The summed E-state index contributed by atoms with van der Waals surface area (Å²) in [5, 5.41) is 16.5. The minimum Gasteiger partial charge on any atom is -0.293 e. The zero-order chi connectivity index (χ0) is 13.1. The summed E-state index contributed by atoms with van der Waals surface area (Å²) < 4.78 is 1.53. The fourth-order valence-electron chi connectivity index (χ4n) is 1.49. The van der Waals surface area contributed by atoms with Crippen molar-refractivity contribution in [2.75, 3.05) is 0 Å². The molecule has 5 heteroatoms. The Balaban J connectivity index is 2.46. The first-order valence-corrected chi connectivity index (χ1v) is 5.24. The zero-order valence-corrected chi connectivity index (χ0v) is 9.79. The van der Waals surface area contributed by atoms with Crippen LogP contribution >= 0.6 is 0 Å². The third kappa shape index (κ3) is 2.04. The summed E-state index contributed by atoms with van der Waals surface area (Å²) in [4.78, 5) is 11.3. The molecule has 0 aliphatic rings. The van der Waals surface area contributed by atoms with Gasteiger partial charge in [0.2, 0.25) is 0 Å². The van der Waals surface area contributed by atoms with Crippen molar-refractivity contribution in [3.63, 3.8) is 0 Å². The van der Waals surface area contributed by atoms with Gasteiger partial charge < -0.3 is 0 Å². The number of carbonyl (C=O) groups is 1. The van der Waals surface area contributed by atoms with Crippen molar-refractivity contribution in [1.82, 2.24) is 14.8 Å². The summed E-state index contributed by atoms with van der Waals surface area (Å²) >= 11 is 0. The van der Waals surface area contributed by atoms with Gasteiger partial charge in [-0.25, -0.2) is 0 Å². The maximum absolute atomic E-state index is 11.3. The van der Waals surface area contributed by atoms with Gasteiger partial charge in [0.05, 0.1) is 17.3 Å². The van der Waals surface area contributed by atoms with E-state index in [9.17, 15) is 4.79 Å². The predicted octanol–water partition coefficient (Wildman–Crippen LogP) is 1.88. The molecule has 0 saturated carbocycles. The first kappa shape index (κ1) is 11.7. The van der Waals surface area contributed by atoms with E-state index in [1.54, 1.807) is 24.3 Å². The van der Waals surface area contributed by atoms with Gasteiger partial charge in [-0.1, -0.05) is 6.58 Å². The third-order valence-electron chi connectivity index (χ3n) is 2.52. The van der Waals surface area contributed by atoms with Gasteiger partial charge in [-0.2, -0.15) is 5.26 Å². The number of aromatic nitrogens is 3. The summed E-state index contributed by atoms with van der Waals surface area (Å²) in [6.07, 6.45) is 1.44. The molecule has 0 amide bonds. The van der Waals surface area contributed by atoms with E-state index < -0.39 is 0 Å². The highest BCUT2D eigenvalue weighted by Crippen LogP contribution is 2.19. The largest absolute Gasteiger partial charge is 0.293 e. The molecule has 18 heavy (non-hydrogen) atoms. The standard InChI is InChI=1S/C13H10N4O/c1-9(10(2)18)17-8-15-16-13(17)12-5-3-11(7-14)4-6-12/h3-6,8H,1H2,2H3. The molecule has 0 aliphatic carbocycles. The minimum atomic E-state index is -0.148. The van der Waals surface area contributed by atoms with Crippen molar-refractivity contribution >= 4 is 11.5 Å². The molecule has 88 valence electrons. The molecule has 0 radical (unpaired) electrons. The summed E-state index contributed by atoms with van der Waals surface area (Å²) in [5.74, 6) is 0.379. The molecule has 2 aromatic rings. The molecule has 0 fully saturated rings. The third-order valence-corrected chi connectivity index (χ3v) is 2.52. The number of benzene rings is 1. The average molecular weight is 238 g/mol. The van der Waals surface area contributed by atoms with E-state index in [2.05, 4.69) is 16.8 Å². The van der Waals surface area contributed by atoms with Crippen molar-refractivity contribution in [3.8, 4) is 17.5 Å². The number of hydrogen-bond donors (Lipinski definition) is 0. The maximum Gasteiger partial charge on any atom is 0.175 e. The number of carbonyl (C=O) groups excluding carboxylic acids is 1. The van der Waals surface area contributed by atoms with Gasteiger partial charge >= 0.3 is 0 Å². The average Bonchev–Trinajstić information content (AvgIpc) is 2.87.